The fourth-order valence-electron chi connectivity index (χ4n) is 2.47. The van der Waals surface area contributed by atoms with Crippen LogP contribution in [0.15, 0.2) is 12.3 Å². The average molecular weight is 248 g/mol. The van der Waals surface area contributed by atoms with Crippen molar-refractivity contribution in [1.82, 2.24) is 9.97 Å². The molecule has 0 spiro atoms. The van der Waals surface area contributed by atoms with Gasteiger partial charge in [-0.05, 0) is 31.7 Å². The second-order valence-corrected chi connectivity index (χ2v) is 4.90. The number of anilines is 2. The molecule has 4 heteroatoms. The summed E-state index contributed by atoms with van der Waals surface area (Å²) in [7, 11) is 0. The highest BCUT2D eigenvalue weighted by Crippen LogP contribution is 2.19. The monoisotopic (exact) mass is 248 g/mol. The van der Waals surface area contributed by atoms with E-state index in [4.69, 9.17) is 4.98 Å². The van der Waals surface area contributed by atoms with Crippen molar-refractivity contribution < 1.29 is 0 Å². The Morgan fingerprint density at radius 2 is 1.83 bits per heavy atom. The zero-order valence-electron chi connectivity index (χ0n) is 11.6. The Kier molecular flexibility index (Phi) is 4.79. The van der Waals surface area contributed by atoms with Crippen LogP contribution in [0.1, 0.15) is 39.5 Å². The lowest BCUT2D eigenvalue weighted by Crippen LogP contribution is -2.28. The van der Waals surface area contributed by atoms with Crippen LogP contribution in [0.2, 0.25) is 0 Å². The summed E-state index contributed by atoms with van der Waals surface area (Å²) in [5.41, 5.74) is 0. The summed E-state index contributed by atoms with van der Waals surface area (Å²) >= 11 is 0. The van der Waals surface area contributed by atoms with Crippen LogP contribution in [0.3, 0.4) is 0 Å². The Bertz CT molecular complexity index is 355. The van der Waals surface area contributed by atoms with Gasteiger partial charge in [0, 0.05) is 32.4 Å². The lowest BCUT2D eigenvalue weighted by Gasteiger charge is -2.23. The van der Waals surface area contributed by atoms with Gasteiger partial charge in [0.1, 0.15) is 5.82 Å². The van der Waals surface area contributed by atoms with Crippen LogP contribution in [-0.4, -0.2) is 36.1 Å². The molecule has 0 N–H and O–H groups in total. The maximum Gasteiger partial charge on any atom is 0.227 e. The molecule has 0 atom stereocenters. The fraction of sp³-hybridized carbons (Fsp3) is 0.714. The molecule has 2 heterocycles. The van der Waals surface area contributed by atoms with E-state index in [1.54, 1.807) is 0 Å². The summed E-state index contributed by atoms with van der Waals surface area (Å²) in [4.78, 5) is 13.8. The highest BCUT2D eigenvalue weighted by Gasteiger charge is 2.15. The molecule has 100 valence electrons. The van der Waals surface area contributed by atoms with Crippen molar-refractivity contribution in [2.45, 2.75) is 39.5 Å². The van der Waals surface area contributed by atoms with Crippen LogP contribution in [0.5, 0.6) is 0 Å². The van der Waals surface area contributed by atoms with Gasteiger partial charge in [-0.3, -0.25) is 0 Å². The van der Waals surface area contributed by atoms with Crippen LogP contribution in [0.4, 0.5) is 11.8 Å². The summed E-state index contributed by atoms with van der Waals surface area (Å²) in [6.07, 6.45) is 6.74. The van der Waals surface area contributed by atoms with E-state index in [0.29, 0.717) is 0 Å². The molecule has 1 fully saturated rings. The smallest absolute Gasteiger partial charge is 0.227 e. The molecule has 0 aliphatic carbocycles. The molecule has 1 saturated heterocycles. The third-order valence-corrected chi connectivity index (χ3v) is 3.33. The first-order valence-electron chi connectivity index (χ1n) is 7.18. The Morgan fingerprint density at radius 1 is 1.17 bits per heavy atom. The van der Waals surface area contributed by atoms with E-state index in [0.717, 1.165) is 50.8 Å². The second-order valence-electron chi connectivity index (χ2n) is 4.90. The third-order valence-electron chi connectivity index (χ3n) is 3.33. The molecule has 0 unspecified atom stereocenters. The molecular formula is C14H24N4. The van der Waals surface area contributed by atoms with Crippen molar-refractivity contribution in [3.05, 3.63) is 12.3 Å². The third kappa shape index (κ3) is 3.12. The summed E-state index contributed by atoms with van der Waals surface area (Å²) in [6, 6.07) is 2.03. The first-order chi connectivity index (χ1) is 8.85. The molecule has 0 saturated carbocycles. The minimum atomic E-state index is 0.892. The first-order valence-corrected chi connectivity index (χ1v) is 7.18. The SMILES string of the molecule is CCCN(CCC)c1nccc(N2CCCC2)n1. The molecule has 0 amide bonds. The first kappa shape index (κ1) is 13.1. The van der Waals surface area contributed by atoms with Crippen molar-refractivity contribution in [1.29, 1.82) is 0 Å². The van der Waals surface area contributed by atoms with Gasteiger partial charge in [0.15, 0.2) is 0 Å². The number of aromatic nitrogens is 2. The molecule has 1 aromatic heterocycles. The van der Waals surface area contributed by atoms with Crippen molar-refractivity contribution >= 4 is 11.8 Å². The van der Waals surface area contributed by atoms with Crippen molar-refractivity contribution in [3.8, 4) is 0 Å². The van der Waals surface area contributed by atoms with Crippen LogP contribution < -0.4 is 9.80 Å². The van der Waals surface area contributed by atoms with Gasteiger partial charge in [-0.2, -0.15) is 4.98 Å². The Morgan fingerprint density at radius 3 is 2.44 bits per heavy atom. The van der Waals surface area contributed by atoms with E-state index < -0.39 is 0 Å². The fourth-order valence-corrected chi connectivity index (χ4v) is 2.47. The molecule has 0 bridgehead atoms. The lowest BCUT2D eigenvalue weighted by molar-refractivity contribution is 0.719. The molecule has 4 nitrogen and oxygen atoms in total. The largest absolute Gasteiger partial charge is 0.356 e. The van der Waals surface area contributed by atoms with Crippen molar-refractivity contribution in [2.24, 2.45) is 0 Å². The summed E-state index contributed by atoms with van der Waals surface area (Å²) in [5, 5.41) is 0. The van der Waals surface area contributed by atoms with Gasteiger partial charge in [0.05, 0.1) is 0 Å². The average Bonchev–Trinajstić information content (AvgIpc) is 2.93. The van der Waals surface area contributed by atoms with Gasteiger partial charge in [-0.15, -0.1) is 0 Å². The zero-order valence-corrected chi connectivity index (χ0v) is 11.6. The number of nitrogens with zero attached hydrogens (tertiary/aromatic N) is 4. The highest BCUT2D eigenvalue weighted by atomic mass is 15.3. The van der Waals surface area contributed by atoms with Gasteiger partial charge in [0.2, 0.25) is 5.95 Å². The molecule has 18 heavy (non-hydrogen) atoms. The Balaban J connectivity index is 2.13. The number of rotatable bonds is 6. The van der Waals surface area contributed by atoms with E-state index in [2.05, 4.69) is 28.6 Å². The molecule has 1 aliphatic rings. The van der Waals surface area contributed by atoms with Crippen molar-refractivity contribution in [3.63, 3.8) is 0 Å². The van der Waals surface area contributed by atoms with Gasteiger partial charge in [-0.1, -0.05) is 13.8 Å². The van der Waals surface area contributed by atoms with E-state index in [1.165, 1.54) is 12.8 Å². The van der Waals surface area contributed by atoms with E-state index in [1.807, 2.05) is 12.3 Å². The topological polar surface area (TPSA) is 32.3 Å². The number of hydrogen-bond acceptors (Lipinski definition) is 4. The van der Waals surface area contributed by atoms with Crippen LogP contribution in [-0.2, 0) is 0 Å². The molecule has 1 aliphatic heterocycles. The molecular weight excluding hydrogens is 224 g/mol. The number of hydrogen-bond donors (Lipinski definition) is 0. The maximum atomic E-state index is 4.73. The predicted octanol–water partition coefficient (Wildman–Crippen LogP) is 2.70. The minimum absolute atomic E-state index is 0.892. The van der Waals surface area contributed by atoms with E-state index in [9.17, 15) is 0 Å². The highest BCUT2D eigenvalue weighted by molar-refractivity contribution is 5.44. The van der Waals surface area contributed by atoms with Crippen LogP contribution in [0, 0.1) is 0 Å². The summed E-state index contributed by atoms with van der Waals surface area (Å²) in [6.45, 7) is 8.75. The van der Waals surface area contributed by atoms with Crippen LogP contribution in [0.25, 0.3) is 0 Å². The standard InChI is InChI=1S/C14H24N4/c1-3-9-18(10-4-2)14-15-8-7-13(16-14)17-11-5-6-12-17/h7-8H,3-6,9-12H2,1-2H3. The second kappa shape index (κ2) is 6.57. The normalized spacial score (nSPS) is 15.1. The Hall–Kier alpha value is -1.32. The van der Waals surface area contributed by atoms with Crippen molar-refractivity contribution in [2.75, 3.05) is 36.0 Å². The molecule has 2 rings (SSSR count). The van der Waals surface area contributed by atoms with E-state index in [-0.39, 0.29) is 0 Å². The zero-order chi connectivity index (χ0) is 12.8. The molecule has 0 aromatic carbocycles. The lowest BCUT2D eigenvalue weighted by atomic mass is 10.3. The van der Waals surface area contributed by atoms with E-state index >= 15 is 0 Å². The van der Waals surface area contributed by atoms with Gasteiger partial charge < -0.3 is 9.80 Å². The van der Waals surface area contributed by atoms with Gasteiger partial charge >= 0.3 is 0 Å². The maximum absolute atomic E-state index is 4.73. The molecule has 0 radical (unpaired) electrons. The summed E-state index contributed by atoms with van der Waals surface area (Å²) in [5.74, 6) is 1.98. The quantitative estimate of drug-likeness (QED) is 0.775. The predicted molar refractivity (Wildman–Crippen MR) is 76.3 cm³/mol. The summed E-state index contributed by atoms with van der Waals surface area (Å²) < 4.78 is 0. The van der Waals surface area contributed by atoms with Crippen LogP contribution >= 0.6 is 0 Å². The minimum Gasteiger partial charge on any atom is -0.356 e. The molecule has 1 aromatic rings. The van der Waals surface area contributed by atoms with Gasteiger partial charge in [0.25, 0.3) is 0 Å². The Labute approximate surface area is 110 Å². The van der Waals surface area contributed by atoms with Gasteiger partial charge in [-0.25, -0.2) is 4.98 Å².